The van der Waals surface area contributed by atoms with E-state index in [4.69, 9.17) is 16.3 Å². The number of nitrogens with one attached hydrogen (secondary N) is 1. The molecule has 0 aliphatic heterocycles. The van der Waals surface area contributed by atoms with Gasteiger partial charge in [-0.15, -0.1) is 10.2 Å². The fourth-order valence-electron chi connectivity index (χ4n) is 2.07. The number of benzene rings is 2. The molecule has 3 aromatic rings. The number of anilines is 2. The predicted octanol–water partition coefficient (Wildman–Crippen LogP) is 4.77. The molecule has 8 heteroatoms. The standard InChI is InChI=1S/C17H16ClN3O2S2/c1-23-14-4-2-3-13(9-14)19-16-20-21-17(25-16)24-10-15(22)11-5-7-12(18)8-6-11/h2-9,15,22H,10H2,1H3,(H,19,20). The van der Waals surface area contributed by atoms with Crippen molar-refractivity contribution in [1.82, 2.24) is 10.2 Å². The molecule has 0 aliphatic carbocycles. The number of hydrogen-bond acceptors (Lipinski definition) is 7. The number of methoxy groups -OCH3 is 1. The van der Waals surface area contributed by atoms with Gasteiger partial charge in [0.05, 0.1) is 13.2 Å². The lowest BCUT2D eigenvalue weighted by molar-refractivity contribution is 0.204. The highest BCUT2D eigenvalue weighted by atomic mass is 35.5. The van der Waals surface area contributed by atoms with E-state index in [1.54, 1.807) is 19.2 Å². The zero-order chi connectivity index (χ0) is 17.6. The third kappa shape index (κ3) is 5.09. The van der Waals surface area contributed by atoms with Crippen LogP contribution in [0.1, 0.15) is 11.7 Å². The smallest absolute Gasteiger partial charge is 0.210 e. The Morgan fingerprint density at radius 1 is 1.24 bits per heavy atom. The highest BCUT2D eigenvalue weighted by Gasteiger charge is 2.11. The van der Waals surface area contributed by atoms with Crippen LogP contribution in [-0.4, -0.2) is 28.2 Å². The second kappa shape index (κ2) is 8.53. The van der Waals surface area contributed by atoms with Gasteiger partial charge in [-0.25, -0.2) is 0 Å². The van der Waals surface area contributed by atoms with Crippen LogP contribution in [-0.2, 0) is 0 Å². The third-order valence-electron chi connectivity index (χ3n) is 3.35. The van der Waals surface area contributed by atoms with E-state index in [0.717, 1.165) is 21.3 Å². The first-order valence-electron chi connectivity index (χ1n) is 7.45. The zero-order valence-corrected chi connectivity index (χ0v) is 15.7. The summed E-state index contributed by atoms with van der Waals surface area (Å²) >= 11 is 8.76. The van der Waals surface area contributed by atoms with Gasteiger partial charge in [0.15, 0.2) is 4.34 Å². The maximum atomic E-state index is 10.2. The number of rotatable bonds is 7. The molecule has 0 fully saturated rings. The predicted molar refractivity (Wildman–Crippen MR) is 103 cm³/mol. The molecule has 0 amide bonds. The molecule has 2 N–H and O–H groups in total. The van der Waals surface area contributed by atoms with E-state index in [1.807, 2.05) is 36.4 Å². The topological polar surface area (TPSA) is 67.3 Å². The zero-order valence-electron chi connectivity index (χ0n) is 13.3. The van der Waals surface area contributed by atoms with Gasteiger partial charge < -0.3 is 15.2 Å². The molecular formula is C17H16ClN3O2S2. The minimum Gasteiger partial charge on any atom is -0.497 e. The summed E-state index contributed by atoms with van der Waals surface area (Å²) in [5.41, 5.74) is 1.71. The maximum absolute atomic E-state index is 10.2. The van der Waals surface area contributed by atoms with Crippen LogP contribution in [0.3, 0.4) is 0 Å². The van der Waals surface area contributed by atoms with Crippen LogP contribution in [0, 0.1) is 0 Å². The molecular weight excluding hydrogens is 378 g/mol. The van der Waals surface area contributed by atoms with E-state index < -0.39 is 6.10 Å². The fourth-order valence-corrected chi connectivity index (χ4v) is 3.97. The number of hydrogen-bond donors (Lipinski definition) is 2. The van der Waals surface area contributed by atoms with E-state index in [0.29, 0.717) is 15.9 Å². The second-order valence-corrected chi connectivity index (χ2v) is 7.79. The molecule has 5 nitrogen and oxygen atoms in total. The van der Waals surface area contributed by atoms with Crippen molar-refractivity contribution in [2.24, 2.45) is 0 Å². The molecule has 2 aromatic carbocycles. The molecule has 0 saturated heterocycles. The van der Waals surface area contributed by atoms with Crippen LogP contribution in [0.25, 0.3) is 0 Å². The monoisotopic (exact) mass is 393 g/mol. The van der Waals surface area contributed by atoms with E-state index in [9.17, 15) is 5.11 Å². The Balaban J connectivity index is 1.57. The summed E-state index contributed by atoms with van der Waals surface area (Å²) in [7, 11) is 1.63. The normalized spacial score (nSPS) is 12.0. The number of ether oxygens (including phenoxy) is 1. The number of aliphatic hydroxyl groups excluding tert-OH is 1. The highest BCUT2D eigenvalue weighted by molar-refractivity contribution is 8.01. The van der Waals surface area contributed by atoms with Gasteiger partial charge in [-0.1, -0.05) is 52.9 Å². The van der Waals surface area contributed by atoms with E-state index in [-0.39, 0.29) is 0 Å². The van der Waals surface area contributed by atoms with Gasteiger partial charge in [0.25, 0.3) is 0 Å². The molecule has 130 valence electrons. The Morgan fingerprint density at radius 3 is 2.80 bits per heavy atom. The van der Waals surface area contributed by atoms with Gasteiger partial charge in [-0.05, 0) is 29.8 Å². The average molecular weight is 394 g/mol. The molecule has 0 bridgehead atoms. The van der Waals surface area contributed by atoms with E-state index >= 15 is 0 Å². The molecule has 0 radical (unpaired) electrons. The van der Waals surface area contributed by atoms with Crippen LogP contribution in [0.5, 0.6) is 5.75 Å². The third-order valence-corrected chi connectivity index (χ3v) is 5.65. The van der Waals surface area contributed by atoms with E-state index in [2.05, 4.69) is 15.5 Å². The van der Waals surface area contributed by atoms with Crippen molar-refractivity contribution < 1.29 is 9.84 Å². The summed E-state index contributed by atoms with van der Waals surface area (Å²) in [6.07, 6.45) is -0.582. The Labute approximate surface area is 159 Å². The lowest BCUT2D eigenvalue weighted by Gasteiger charge is -2.09. The fraction of sp³-hybridized carbons (Fsp3) is 0.176. The minimum absolute atomic E-state index is 0.495. The number of thioether (sulfide) groups is 1. The highest BCUT2D eigenvalue weighted by Crippen LogP contribution is 2.31. The van der Waals surface area contributed by atoms with Gasteiger partial charge in [0.1, 0.15) is 5.75 Å². The molecule has 0 aliphatic rings. The van der Waals surface area contributed by atoms with Crippen molar-refractivity contribution in [3.05, 3.63) is 59.1 Å². The number of halogens is 1. The Morgan fingerprint density at radius 2 is 2.04 bits per heavy atom. The van der Waals surface area contributed by atoms with Gasteiger partial charge in [0, 0.05) is 22.5 Å². The number of aromatic nitrogens is 2. The lowest BCUT2D eigenvalue weighted by Crippen LogP contribution is -1.99. The van der Waals surface area contributed by atoms with Crippen LogP contribution >= 0.6 is 34.7 Å². The van der Waals surface area contributed by atoms with Gasteiger partial charge >= 0.3 is 0 Å². The molecule has 1 atom stereocenters. The van der Waals surface area contributed by atoms with Gasteiger partial charge in [-0.3, -0.25) is 0 Å². The number of nitrogens with zero attached hydrogens (tertiary/aromatic N) is 2. The summed E-state index contributed by atoms with van der Waals surface area (Å²) in [5, 5.41) is 23.0. The number of aliphatic hydroxyl groups is 1. The largest absolute Gasteiger partial charge is 0.497 e. The molecule has 0 spiro atoms. The summed E-state index contributed by atoms with van der Waals surface area (Å²) in [6.45, 7) is 0. The average Bonchev–Trinajstić information content (AvgIpc) is 3.08. The SMILES string of the molecule is COc1cccc(Nc2nnc(SCC(O)c3ccc(Cl)cc3)s2)c1. The van der Waals surface area contributed by atoms with Gasteiger partial charge in [-0.2, -0.15) is 0 Å². The van der Waals surface area contributed by atoms with E-state index in [1.165, 1.54) is 23.1 Å². The van der Waals surface area contributed by atoms with Crippen molar-refractivity contribution in [2.75, 3.05) is 18.2 Å². The Bertz CT molecular complexity index is 827. The van der Waals surface area contributed by atoms with Crippen LogP contribution in [0.4, 0.5) is 10.8 Å². The van der Waals surface area contributed by atoms with Crippen molar-refractivity contribution in [1.29, 1.82) is 0 Å². The van der Waals surface area contributed by atoms with Crippen molar-refractivity contribution in [2.45, 2.75) is 10.4 Å². The first-order valence-corrected chi connectivity index (χ1v) is 9.63. The Hall–Kier alpha value is -1.80. The molecule has 1 aromatic heterocycles. The molecule has 3 rings (SSSR count). The molecule has 25 heavy (non-hydrogen) atoms. The first kappa shape index (κ1) is 18.0. The van der Waals surface area contributed by atoms with Crippen molar-refractivity contribution in [3.8, 4) is 5.75 Å². The second-order valence-electron chi connectivity index (χ2n) is 5.11. The van der Waals surface area contributed by atoms with Crippen LogP contribution in [0.15, 0.2) is 52.9 Å². The Kier molecular flexibility index (Phi) is 6.14. The molecule has 1 unspecified atom stereocenters. The quantitative estimate of drug-likeness (QED) is 0.563. The molecule has 0 saturated carbocycles. The first-order chi connectivity index (χ1) is 12.1. The minimum atomic E-state index is -0.582. The van der Waals surface area contributed by atoms with Crippen molar-refractivity contribution >= 4 is 45.5 Å². The molecule has 1 heterocycles. The summed E-state index contributed by atoms with van der Waals surface area (Å²) in [4.78, 5) is 0. The summed E-state index contributed by atoms with van der Waals surface area (Å²) < 4.78 is 5.99. The summed E-state index contributed by atoms with van der Waals surface area (Å²) in [5.74, 6) is 1.27. The van der Waals surface area contributed by atoms with Crippen molar-refractivity contribution in [3.63, 3.8) is 0 Å². The summed E-state index contributed by atoms with van der Waals surface area (Å²) in [6, 6.07) is 14.8. The lowest BCUT2D eigenvalue weighted by atomic mass is 10.1. The maximum Gasteiger partial charge on any atom is 0.210 e. The van der Waals surface area contributed by atoms with Crippen LogP contribution in [0.2, 0.25) is 5.02 Å². The van der Waals surface area contributed by atoms with Gasteiger partial charge in [0.2, 0.25) is 5.13 Å². The van der Waals surface area contributed by atoms with Crippen LogP contribution < -0.4 is 10.1 Å².